The van der Waals surface area contributed by atoms with Gasteiger partial charge in [-0.2, -0.15) is 0 Å². The van der Waals surface area contributed by atoms with Gasteiger partial charge >= 0.3 is 5.97 Å². The quantitative estimate of drug-likeness (QED) is 0.716. The van der Waals surface area contributed by atoms with Crippen LogP contribution in [0.25, 0.3) is 0 Å². The fraction of sp³-hybridized carbons (Fsp3) is 0.519. The third kappa shape index (κ3) is 2.85. The molecular formula is C27H31NO2. The maximum absolute atomic E-state index is 12.1. The maximum Gasteiger partial charge on any atom is 0.309 e. The van der Waals surface area contributed by atoms with Gasteiger partial charge in [-0.3, -0.25) is 9.69 Å². The molecule has 6 rings (SSSR count). The van der Waals surface area contributed by atoms with Gasteiger partial charge in [0.2, 0.25) is 0 Å². The summed E-state index contributed by atoms with van der Waals surface area (Å²) < 4.78 is 5.28. The van der Waals surface area contributed by atoms with Crippen LogP contribution in [0.4, 0.5) is 0 Å². The van der Waals surface area contributed by atoms with Gasteiger partial charge in [0, 0.05) is 24.5 Å². The van der Waals surface area contributed by atoms with Crippen LogP contribution in [0.15, 0.2) is 48.5 Å². The third-order valence-corrected chi connectivity index (χ3v) is 8.50. The molecule has 30 heavy (non-hydrogen) atoms. The van der Waals surface area contributed by atoms with Crippen LogP contribution in [0, 0.1) is 17.8 Å². The number of nitrogens with zero attached hydrogens (tertiary/aromatic N) is 1. The monoisotopic (exact) mass is 401 g/mol. The molecule has 1 aliphatic heterocycles. The fourth-order valence-corrected chi connectivity index (χ4v) is 7.02. The lowest BCUT2D eigenvalue weighted by Gasteiger charge is -2.33. The highest BCUT2D eigenvalue weighted by molar-refractivity contribution is 5.77. The van der Waals surface area contributed by atoms with Crippen molar-refractivity contribution in [2.45, 2.75) is 50.5 Å². The van der Waals surface area contributed by atoms with Crippen molar-refractivity contribution in [1.29, 1.82) is 0 Å². The number of benzene rings is 2. The van der Waals surface area contributed by atoms with Crippen molar-refractivity contribution < 1.29 is 9.53 Å². The fourth-order valence-electron chi connectivity index (χ4n) is 7.02. The van der Waals surface area contributed by atoms with Crippen LogP contribution in [0.1, 0.15) is 48.4 Å². The van der Waals surface area contributed by atoms with Crippen LogP contribution in [0.2, 0.25) is 0 Å². The Morgan fingerprint density at radius 1 is 1.03 bits per heavy atom. The molecule has 1 saturated heterocycles. The van der Waals surface area contributed by atoms with E-state index in [-0.39, 0.29) is 17.3 Å². The number of fused-ring (bicyclic) bond motifs is 4. The lowest BCUT2D eigenvalue weighted by Crippen LogP contribution is -2.37. The van der Waals surface area contributed by atoms with Crippen molar-refractivity contribution in [2.24, 2.45) is 17.8 Å². The third-order valence-electron chi connectivity index (χ3n) is 8.50. The van der Waals surface area contributed by atoms with Crippen molar-refractivity contribution in [3.8, 4) is 0 Å². The average Bonchev–Trinajstić information content (AvgIpc) is 3.07. The summed E-state index contributed by atoms with van der Waals surface area (Å²) in [5, 5.41) is 0. The Kier molecular flexibility index (Phi) is 4.31. The highest BCUT2D eigenvalue weighted by atomic mass is 16.5. The van der Waals surface area contributed by atoms with E-state index < -0.39 is 0 Å². The van der Waals surface area contributed by atoms with E-state index in [1.54, 1.807) is 11.1 Å². The first-order valence-electron chi connectivity index (χ1n) is 11.7. The summed E-state index contributed by atoms with van der Waals surface area (Å²) in [4.78, 5) is 14.8. The molecule has 3 nitrogen and oxygen atoms in total. The number of carbonyl (C=O) groups excluding carboxylic acids is 1. The molecule has 0 radical (unpaired) electrons. The zero-order chi connectivity index (χ0) is 20.3. The molecule has 2 aromatic carbocycles. The molecule has 3 unspecified atom stereocenters. The number of esters is 1. The SMILES string of the molecule is CCOC(=O)C1[C@H]2CN(C3CCC4(Cc5ccccc5Cc5ccccc54)C3)C[C@@H]12. The van der Waals surface area contributed by atoms with Crippen LogP contribution in [0.3, 0.4) is 0 Å². The topological polar surface area (TPSA) is 29.5 Å². The molecule has 3 fully saturated rings. The largest absolute Gasteiger partial charge is 0.466 e. The minimum Gasteiger partial charge on any atom is -0.466 e. The predicted octanol–water partition coefficient (Wildman–Crippen LogP) is 4.36. The zero-order valence-corrected chi connectivity index (χ0v) is 17.8. The summed E-state index contributed by atoms with van der Waals surface area (Å²) in [5.41, 5.74) is 6.43. The number of likely N-dealkylation sites (tertiary alicyclic amines) is 1. The van der Waals surface area contributed by atoms with Gasteiger partial charge in [-0.15, -0.1) is 0 Å². The van der Waals surface area contributed by atoms with E-state index in [1.165, 1.54) is 36.8 Å². The molecule has 0 bridgehead atoms. The van der Waals surface area contributed by atoms with Gasteiger partial charge in [-0.05, 0) is 73.1 Å². The number of rotatable bonds is 3. The average molecular weight is 402 g/mol. The molecule has 3 aliphatic carbocycles. The van der Waals surface area contributed by atoms with E-state index in [1.807, 2.05) is 6.92 Å². The van der Waals surface area contributed by atoms with Gasteiger partial charge in [0.05, 0.1) is 12.5 Å². The number of ether oxygens (including phenoxy) is 1. The molecule has 2 aromatic rings. The first-order chi connectivity index (χ1) is 14.7. The molecular weight excluding hydrogens is 370 g/mol. The molecule has 5 atom stereocenters. The number of carbonyl (C=O) groups is 1. The van der Waals surface area contributed by atoms with Crippen LogP contribution >= 0.6 is 0 Å². The van der Waals surface area contributed by atoms with Crippen LogP contribution in [-0.2, 0) is 27.8 Å². The summed E-state index contributed by atoms with van der Waals surface area (Å²) in [6.45, 7) is 4.59. The van der Waals surface area contributed by atoms with Gasteiger partial charge in [0.25, 0.3) is 0 Å². The summed E-state index contributed by atoms with van der Waals surface area (Å²) in [6, 6.07) is 18.9. The molecule has 0 N–H and O–H groups in total. The highest BCUT2D eigenvalue weighted by Gasteiger charge is 2.61. The highest BCUT2D eigenvalue weighted by Crippen LogP contribution is 2.55. The van der Waals surface area contributed by atoms with E-state index in [0.29, 0.717) is 24.5 Å². The lowest BCUT2D eigenvalue weighted by atomic mass is 9.73. The molecule has 1 spiro atoms. The minimum atomic E-state index is 0.0457. The summed E-state index contributed by atoms with van der Waals surface area (Å²) in [5.74, 6) is 1.32. The maximum atomic E-state index is 12.1. The van der Waals surface area contributed by atoms with Crippen LogP contribution in [0.5, 0.6) is 0 Å². The van der Waals surface area contributed by atoms with Crippen LogP contribution < -0.4 is 0 Å². The number of piperidine rings is 1. The van der Waals surface area contributed by atoms with Crippen molar-refractivity contribution in [2.75, 3.05) is 19.7 Å². The lowest BCUT2D eigenvalue weighted by molar-refractivity contribution is -0.145. The molecule has 0 amide bonds. The molecule has 156 valence electrons. The van der Waals surface area contributed by atoms with E-state index in [9.17, 15) is 4.79 Å². The van der Waals surface area contributed by atoms with Gasteiger partial charge in [-0.25, -0.2) is 0 Å². The number of hydrogen-bond donors (Lipinski definition) is 0. The van der Waals surface area contributed by atoms with Gasteiger partial charge in [0.15, 0.2) is 0 Å². The van der Waals surface area contributed by atoms with Gasteiger partial charge < -0.3 is 4.74 Å². The Hall–Kier alpha value is -2.13. The smallest absolute Gasteiger partial charge is 0.309 e. The second-order valence-electron chi connectivity index (χ2n) is 10.0. The standard InChI is InChI=1S/C27H31NO2/c1-2-30-26(29)25-22-16-28(17-23(22)25)21-11-12-27(15-21)14-20-9-4-3-7-18(20)13-19-8-5-6-10-24(19)27/h3-10,21-23,25H,2,11-17H2,1H3/t21?,22-,23+,25?,27?. The summed E-state index contributed by atoms with van der Waals surface area (Å²) >= 11 is 0. The van der Waals surface area contributed by atoms with Crippen molar-refractivity contribution in [1.82, 2.24) is 4.90 Å². The molecule has 3 heteroatoms. The minimum absolute atomic E-state index is 0.0457. The van der Waals surface area contributed by atoms with Gasteiger partial charge in [0.1, 0.15) is 0 Å². The Balaban J connectivity index is 1.23. The first kappa shape index (κ1) is 18.6. The predicted molar refractivity (Wildman–Crippen MR) is 117 cm³/mol. The summed E-state index contributed by atoms with van der Waals surface area (Å²) in [6.07, 6.45) is 6.04. The van der Waals surface area contributed by atoms with Crippen molar-refractivity contribution in [3.05, 3.63) is 70.8 Å². The number of hydrogen-bond acceptors (Lipinski definition) is 3. The Morgan fingerprint density at radius 2 is 1.73 bits per heavy atom. The Morgan fingerprint density at radius 3 is 2.50 bits per heavy atom. The summed E-state index contributed by atoms with van der Waals surface area (Å²) in [7, 11) is 0. The van der Waals surface area contributed by atoms with E-state index in [0.717, 1.165) is 19.5 Å². The Bertz CT molecular complexity index is 972. The second-order valence-corrected chi connectivity index (χ2v) is 10.0. The zero-order valence-electron chi connectivity index (χ0n) is 17.8. The first-order valence-corrected chi connectivity index (χ1v) is 11.7. The van der Waals surface area contributed by atoms with E-state index >= 15 is 0 Å². The van der Waals surface area contributed by atoms with Gasteiger partial charge in [-0.1, -0.05) is 48.5 Å². The van der Waals surface area contributed by atoms with E-state index in [2.05, 4.69) is 53.4 Å². The molecule has 4 aliphatic rings. The Labute approximate surface area is 179 Å². The van der Waals surface area contributed by atoms with E-state index in [4.69, 9.17) is 4.74 Å². The molecule has 2 saturated carbocycles. The van der Waals surface area contributed by atoms with Crippen LogP contribution in [-0.4, -0.2) is 36.6 Å². The molecule has 0 aromatic heterocycles. The molecule has 1 heterocycles. The van der Waals surface area contributed by atoms with Crippen molar-refractivity contribution >= 4 is 5.97 Å². The normalized spacial score (nSPS) is 34.2. The van der Waals surface area contributed by atoms with Crippen molar-refractivity contribution in [3.63, 3.8) is 0 Å². The second kappa shape index (κ2) is 6.95.